The Morgan fingerprint density at radius 2 is 1.74 bits per heavy atom. The molecule has 0 spiro atoms. The first-order valence-corrected chi connectivity index (χ1v) is 7.36. The Morgan fingerprint density at radius 1 is 1.13 bits per heavy atom. The second-order valence-corrected chi connectivity index (χ2v) is 5.93. The predicted molar refractivity (Wildman–Crippen MR) is 87.2 cm³/mol. The van der Waals surface area contributed by atoms with Gasteiger partial charge in [0, 0.05) is 16.8 Å². The summed E-state index contributed by atoms with van der Waals surface area (Å²) in [4.78, 5) is 12.3. The summed E-state index contributed by atoms with van der Waals surface area (Å²) >= 11 is 0. The van der Waals surface area contributed by atoms with Gasteiger partial charge in [-0.15, -0.1) is 0 Å². The molecule has 23 heavy (non-hydrogen) atoms. The Bertz CT molecular complexity index is 937. The highest BCUT2D eigenvalue weighted by atomic mass is 16.4. The minimum Gasteiger partial charge on any atom is -0.491 e. The first-order valence-electron chi connectivity index (χ1n) is 7.36. The second kappa shape index (κ2) is 5.15. The van der Waals surface area contributed by atoms with Crippen molar-refractivity contribution >= 4 is 0 Å². The van der Waals surface area contributed by atoms with E-state index in [1.807, 2.05) is 46.8 Å². The van der Waals surface area contributed by atoms with Crippen LogP contribution in [0.3, 0.4) is 0 Å². The highest BCUT2D eigenvalue weighted by Crippen LogP contribution is 2.35. The Morgan fingerprint density at radius 3 is 2.26 bits per heavy atom. The van der Waals surface area contributed by atoms with E-state index in [2.05, 4.69) is 10.2 Å². The molecule has 2 aromatic heterocycles. The number of hydrogen-bond donors (Lipinski definition) is 2. The van der Waals surface area contributed by atoms with Crippen LogP contribution in [0.4, 0.5) is 0 Å². The van der Waals surface area contributed by atoms with Crippen molar-refractivity contribution in [3.05, 3.63) is 50.6 Å². The van der Waals surface area contributed by atoms with Crippen LogP contribution in [0.5, 0.6) is 5.88 Å². The topological polar surface area (TPSA) is 84.0 Å². The van der Waals surface area contributed by atoms with Gasteiger partial charge in [-0.2, -0.15) is 9.67 Å². The maximum absolute atomic E-state index is 12.3. The maximum Gasteiger partial charge on any atom is 0.428 e. The van der Waals surface area contributed by atoms with Crippen molar-refractivity contribution in [1.82, 2.24) is 14.8 Å². The number of oxazole rings is 1. The average Bonchev–Trinajstić information content (AvgIpc) is 2.91. The molecule has 0 fully saturated rings. The number of rotatable bonds is 2. The van der Waals surface area contributed by atoms with Crippen LogP contribution >= 0.6 is 0 Å². The van der Waals surface area contributed by atoms with Crippen molar-refractivity contribution in [1.29, 1.82) is 0 Å². The molecule has 0 radical (unpaired) electrons. The third kappa shape index (κ3) is 2.27. The van der Waals surface area contributed by atoms with Gasteiger partial charge in [0.1, 0.15) is 0 Å². The van der Waals surface area contributed by atoms with Gasteiger partial charge in [0.25, 0.3) is 0 Å². The molecule has 0 saturated heterocycles. The lowest BCUT2D eigenvalue weighted by Gasteiger charge is -2.09. The molecule has 0 aliphatic carbocycles. The molecule has 3 rings (SSSR count). The van der Waals surface area contributed by atoms with Crippen molar-refractivity contribution in [2.75, 3.05) is 0 Å². The lowest BCUT2D eigenvalue weighted by Crippen LogP contribution is -2.12. The number of aryl methyl sites for hydroxylation is 4. The predicted octanol–water partition coefficient (Wildman–Crippen LogP) is 3.07. The number of aromatic amines is 1. The molecule has 2 heterocycles. The zero-order valence-electron chi connectivity index (χ0n) is 13.8. The van der Waals surface area contributed by atoms with Crippen molar-refractivity contribution in [3.8, 4) is 23.0 Å². The molecule has 0 aliphatic heterocycles. The molecule has 0 unspecified atom stereocenters. The van der Waals surface area contributed by atoms with E-state index >= 15 is 0 Å². The van der Waals surface area contributed by atoms with Gasteiger partial charge in [-0.1, -0.05) is 17.7 Å². The lowest BCUT2D eigenvalue weighted by atomic mass is 9.98. The molecule has 120 valence electrons. The van der Waals surface area contributed by atoms with Crippen molar-refractivity contribution in [2.24, 2.45) is 0 Å². The minimum atomic E-state index is -0.661. The molecular weight excluding hydrogens is 294 g/mol. The van der Waals surface area contributed by atoms with Crippen LogP contribution in [0.15, 0.2) is 21.3 Å². The third-order valence-corrected chi connectivity index (χ3v) is 4.13. The van der Waals surface area contributed by atoms with Crippen LogP contribution in [-0.4, -0.2) is 19.9 Å². The summed E-state index contributed by atoms with van der Waals surface area (Å²) in [6.45, 7) is 9.53. The van der Waals surface area contributed by atoms with Gasteiger partial charge >= 0.3 is 5.76 Å². The van der Waals surface area contributed by atoms with Crippen molar-refractivity contribution in [2.45, 2.75) is 34.6 Å². The van der Waals surface area contributed by atoms with Gasteiger partial charge in [-0.3, -0.25) is 5.10 Å². The summed E-state index contributed by atoms with van der Waals surface area (Å²) in [5.41, 5.74) is 5.34. The fourth-order valence-electron chi connectivity index (χ4n) is 2.94. The molecule has 0 bridgehead atoms. The van der Waals surface area contributed by atoms with Crippen LogP contribution < -0.4 is 5.76 Å². The quantitative estimate of drug-likeness (QED) is 0.761. The summed E-state index contributed by atoms with van der Waals surface area (Å²) < 4.78 is 6.45. The average molecular weight is 313 g/mol. The molecule has 0 atom stereocenters. The number of H-pyrrole nitrogens is 1. The van der Waals surface area contributed by atoms with E-state index in [1.165, 1.54) is 0 Å². The first-order chi connectivity index (χ1) is 10.8. The normalized spacial score (nSPS) is 11.2. The Hall–Kier alpha value is -2.76. The molecule has 0 saturated carbocycles. The molecule has 2 N–H and O–H groups in total. The summed E-state index contributed by atoms with van der Waals surface area (Å²) in [7, 11) is 0. The van der Waals surface area contributed by atoms with Crippen LogP contribution in [0.1, 0.15) is 27.9 Å². The highest BCUT2D eigenvalue weighted by molar-refractivity contribution is 5.71. The Balaban J connectivity index is 2.28. The van der Waals surface area contributed by atoms with Crippen LogP contribution in [0.2, 0.25) is 0 Å². The van der Waals surface area contributed by atoms with Crippen molar-refractivity contribution in [3.63, 3.8) is 0 Å². The molecule has 6 heteroatoms. The minimum absolute atomic E-state index is 0.171. The fraction of sp³-hybridized carbons (Fsp3) is 0.294. The van der Waals surface area contributed by atoms with Gasteiger partial charge in [0.15, 0.2) is 5.82 Å². The molecular formula is C17H19N3O3. The van der Waals surface area contributed by atoms with Gasteiger partial charge in [0.2, 0.25) is 11.6 Å². The standard InChI is InChI=1S/C17H19N3O3/c1-8-6-9(2)13(10(3)7-8)14-16(21)20(17(22)23-14)15-11(4)12(5)18-19-15/h6-7,21H,1-5H3,(H,18,19). The number of aromatic nitrogens is 3. The van der Waals surface area contributed by atoms with Crippen molar-refractivity contribution < 1.29 is 9.52 Å². The lowest BCUT2D eigenvalue weighted by molar-refractivity contribution is 0.440. The number of aromatic hydroxyl groups is 1. The van der Waals surface area contributed by atoms with E-state index in [1.54, 1.807) is 0 Å². The molecule has 3 aromatic rings. The summed E-state index contributed by atoms with van der Waals surface area (Å²) in [6, 6.07) is 3.98. The van der Waals surface area contributed by atoms with Crippen LogP contribution in [0.25, 0.3) is 17.1 Å². The second-order valence-electron chi connectivity index (χ2n) is 5.93. The Labute approximate surface area is 133 Å². The third-order valence-electron chi connectivity index (χ3n) is 4.13. The molecule has 6 nitrogen and oxygen atoms in total. The fourth-order valence-corrected chi connectivity index (χ4v) is 2.94. The number of benzene rings is 1. The highest BCUT2D eigenvalue weighted by Gasteiger charge is 2.24. The number of nitrogens with one attached hydrogen (secondary N) is 1. The van der Waals surface area contributed by atoms with Gasteiger partial charge in [0.05, 0.1) is 0 Å². The zero-order chi connectivity index (χ0) is 16.9. The zero-order valence-corrected chi connectivity index (χ0v) is 13.8. The molecule has 1 aromatic carbocycles. The molecule has 0 amide bonds. The smallest absolute Gasteiger partial charge is 0.428 e. The van der Waals surface area contributed by atoms with E-state index in [0.29, 0.717) is 5.82 Å². The number of hydrogen-bond acceptors (Lipinski definition) is 4. The summed E-state index contributed by atoms with van der Waals surface area (Å²) in [5, 5.41) is 17.5. The van der Waals surface area contributed by atoms with E-state index in [9.17, 15) is 9.90 Å². The molecule has 0 aliphatic rings. The Kier molecular flexibility index (Phi) is 3.39. The van der Waals surface area contributed by atoms with Gasteiger partial charge < -0.3 is 9.52 Å². The summed E-state index contributed by atoms with van der Waals surface area (Å²) in [5.74, 6) is -0.376. The first kappa shape index (κ1) is 15.1. The van der Waals surface area contributed by atoms with Gasteiger partial charge in [-0.05, 0) is 45.7 Å². The summed E-state index contributed by atoms with van der Waals surface area (Å²) in [6.07, 6.45) is 0. The van der Waals surface area contributed by atoms with E-state index in [4.69, 9.17) is 4.42 Å². The maximum atomic E-state index is 12.3. The SMILES string of the molecule is Cc1cc(C)c(-c2oc(=O)n(-c3n[nH]c(C)c3C)c2O)c(C)c1. The van der Waals surface area contributed by atoms with Crippen LogP contribution in [-0.2, 0) is 0 Å². The van der Waals surface area contributed by atoms with Gasteiger partial charge in [-0.25, -0.2) is 4.79 Å². The van der Waals surface area contributed by atoms with E-state index < -0.39 is 5.76 Å². The number of nitrogens with zero attached hydrogens (tertiary/aromatic N) is 2. The monoisotopic (exact) mass is 313 g/mol. The largest absolute Gasteiger partial charge is 0.491 e. The van der Waals surface area contributed by atoms with E-state index in [0.717, 1.165) is 38.1 Å². The van der Waals surface area contributed by atoms with Crippen LogP contribution in [0, 0.1) is 34.6 Å². The van der Waals surface area contributed by atoms with E-state index in [-0.39, 0.29) is 11.6 Å².